The van der Waals surface area contributed by atoms with Crippen LogP contribution in [0.3, 0.4) is 0 Å². The molecule has 1 fully saturated rings. The number of rotatable bonds is 8. The number of carbonyl (C=O) groups is 3. The summed E-state index contributed by atoms with van der Waals surface area (Å²) in [5.74, 6) is -2.30. The van der Waals surface area contributed by atoms with Crippen molar-refractivity contribution in [2.24, 2.45) is 5.92 Å². The number of aliphatic hydroxyl groups excluding tert-OH is 1. The molecule has 1 saturated carbocycles. The predicted molar refractivity (Wildman–Crippen MR) is 137 cm³/mol. The topological polar surface area (TPSA) is 149 Å². The molecule has 0 radical (unpaired) electrons. The van der Waals surface area contributed by atoms with E-state index in [0.29, 0.717) is 17.9 Å². The van der Waals surface area contributed by atoms with Gasteiger partial charge in [-0.3, -0.25) is 4.79 Å². The van der Waals surface area contributed by atoms with Crippen LogP contribution in [0.2, 0.25) is 0 Å². The summed E-state index contributed by atoms with van der Waals surface area (Å²) in [6, 6.07) is 11.7. The molecule has 210 valence electrons. The zero-order valence-electron chi connectivity index (χ0n) is 21.9. The molecule has 0 amide bonds. The van der Waals surface area contributed by atoms with Gasteiger partial charge in [0.15, 0.2) is 23.7 Å². The fourth-order valence-electron chi connectivity index (χ4n) is 7.18. The van der Waals surface area contributed by atoms with Gasteiger partial charge in [0, 0.05) is 11.1 Å². The first-order chi connectivity index (χ1) is 19.2. The molecule has 3 N–H and O–H groups in total. The second kappa shape index (κ2) is 9.64. The van der Waals surface area contributed by atoms with Gasteiger partial charge in [-0.15, -0.1) is 0 Å². The Morgan fingerprint density at radius 1 is 1.15 bits per heavy atom. The minimum Gasteiger partial charge on any atom is -0.493 e. The van der Waals surface area contributed by atoms with Gasteiger partial charge in [-0.05, 0) is 49.3 Å². The van der Waals surface area contributed by atoms with Gasteiger partial charge in [-0.25, -0.2) is 9.59 Å². The number of hydrogen-bond donors (Lipinski definition) is 3. The van der Waals surface area contributed by atoms with E-state index in [1.165, 1.54) is 12.1 Å². The van der Waals surface area contributed by atoms with Crippen molar-refractivity contribution >= 4 is 17.9 Å². The quantitative estimate of drug-likeness (QED) is 0.419. The molecule has 0 aromatic heterocycles. The molecule has 1 spiro atoms. The van der Waals surface area contributed by atoms with E-state index in [-0.39, 0.29) is 23.7 Å². The molecule has 10 nitrogen and oxygen atoms in total. The summed E-state index contributed by atoms with van der Waals surface area (Å²) in [5, 5.41) is 32.0. The predicted octanol–water partition coefficient (Wildman–Crippen LogP) is 2.73. The Morgan fingerprint density at radius 2 is 1.93 bits per heavy atom. The van der Waals surface area contributed by atoms with Gasteiger partial charge in [0.25, 0.3) is 0 Å². The van der Waals surface area contributed by atoms with E-state index in [2.05, 4.69) is 0 Å². The Balaban J connectivity index is 1.21. The van der Waals surface area contributed by atoms with Gasteiger partial charge in [-0.1, -0.05) is 42.8 Å². The summed E-state index contributed by atoms with van der Waals surface area (Å²) in [5.41, 5.74) is 0.303. The van der Waals surface area contributed by atoms with Crippen LogP contribution in [0, 0.1) is 5.92 Å². The minimum absolute atomic E-state index is 0.0242. The lowest BCUT2D eigenvalue weighted by Gasteiger charge is -2.59. The molecule has 2 bridgehead atoms. The van der Waals surface area contributed by atoms with Crippen LogP contribution in [-0.4, -0.2) is 58.1 Å². The van der Waals surface area contributed by atoms with Crippen LogP contribution < -0.4 is 9.47 Å². The van der Waals surface area contributed by atoms with E-state index in [0.717, 1.165) is 30.4 Å². The normalized spacial score (nSPS) is 28.7. The summed E-state index contributed by atoms with van der Waals surface area (Å²) in [6.07, 6.45) is -0.105. The van der Waals surface area contributed by atoms with Gasteiger partial charge in [-0.2, -0.15) is 0 Å². The van der Waals surface area contributed by atoms with Gasteiger partial charge in [0.2, 0.25) is 6.10 Å². The van der Waals surface area contributed by atoms with E-state index in [1.807, 2.05) is 12.1 Å². The Morgan fingerprint density at radius 3 is 2.65 bits per heavy atom. The second-order valence-electron chi connectivity index (χ2n) is 10.9. The lowest BCUT2D eigenvalue weighted by atomic mass is 9.47. The lowest BCUT2D eigenvalue weighted by molar-refractivity contribution is -0.173. The van der Waals surface area contributed by atoms with Crippen LogP contribution in [0.4, 0.5) is 0 Å². The standard InChI is InChI=1S/C30H30O10/c1-37-20-10-9-17-14-18-8-5-12-29-23(17)25(20)39-26(29)21(11-13-30(18,29)36)38-22(32)15-19(31)28(35)40-24(27(33)34)16-6-3-2-4-7-16/h2-4,6-7,9-11,18-19,24,26,31,36H,5,8,12-15H2,1H3,(H,33,34)/t18-,19-,24-,26+,29+,30-/m0/s1. The summed E-state index contributed by atoms with van der Waals surface area (Å²) < 4.78 is 22.6. The third kappa shape index (κ3) is 3.81. The average molecular weight is 551 g/mol. The molecule has 2 aromatic carbocycles. The Bertz CT molecular complexity index is 1400. The van der Waals surface area contributed by atoms with Gasteiger partial charge in [0.1, 0.15) is 5.76 Å². The summed E-state index contributed by atoms with van der Waals surface area (Å²) in [4.78, 5) is 37.1. The molecule has 0 saturated heterocycles. The van der Waals surface area contributed by atoms with Crippen LogP contribution in [0.25, 0.3) is 0 Å². The molecule has 2 aromatic rings. The van der Waals surface area contributed by atoms with Crippen molar-refractivity contribution in [2.75, 3.05) is 7.11 Å². The van der Waals surface area contributed by atoms with Crippen molar-refractivity contribution in [1.29, 1.82) is 0 Å². The number of carbonyl (C=O) groups excluding carboxylic acids is 2. The first-order valence-electron chi connectivity index (χ1n) is 13.4. The molecular formula is C30H30O10. The number of aliphatic carboxylic acids is 1. The Kier molecular flexibility index (Phi) is 6.35. The molecule has 1 aliphatic heterocycles. The SMILES string of the molecule is COc1ccc2c3c1O[C@@H]1C(OC(=O)C[C@H](O)C(=O)O[C@H](C(=O)O)c4ccccc4)=CC[C@]4(O)[C@@H](CCC[C@@]314)C2. The maximum Gasteiger partial charge on any atom is 0.349 e. The molecule has 40 heavy (non-hydrogen) atoms. The highest BCUT2D eigenvalue weighted by atomic mass is 16.6. The second-order valence-corrected chi connectivity index (χ2v) is 10.9. The van der Waals surface area contributed by atoms with Gasteiger partial charge >= 0.3 is 17.9 Å². The maximum atomic E-state index is 12.9. The van der Waals surface area contributed by atoms with E-state index >= 15 is 0 Å². The number of benzene rings is 2. The zero-order valence-corrected chi connectivity index (χ0v) is 21.9. The largest absolute Gasteiger partial charge is 0.493 e. The van der Waals surface area contributed by atoms with E-state index in [4.69, 9.17) is 18.9 Å². The fourth-order valence-corrected chi connectivity index (χ4v) is 7.18. The monoisotopic (exact) mass is 550 g/mol. The number of methoxy groups -OCH3 is 1. The first kappa shape index (κ1) is 26.3. The molecule has 1 heterocycles. The van der Waals surface area contributed by atoms with Crippen molar-refractivity contribution in [2.45, 2.75) is 67.9 Å². The van der Waals surface area contributed by atoms with Gasteiger partial charge in [0.05, 0.1) is 24.5 Å². The lowest BCUT2D eigenvalue weighted by Crippen LogP contribution is -2.67. The van der Waals surface area contributed by atoms with Crippen LogP contribution in [-0.2, 0) is 35.7 Å². The van der Waals surface area contributed by atoms with E-state index in [1.54, 1.807) is 31.4 Å². The third-order valence-electron chi connectivity index (χ3n) is 8.89. The van der Waals surface area contributed by atoms with Crippen LogP contribution in [0.1, 0.15) is 54.9 Å². The van der Waals surface area contributed by atoms with Crippen LogP contribution >= 0.6 is 0 Å². The van der Waals surface area contributed by atoms with E-state index in [9.17, 15) is 29.7 Å². The molecule has 6 rings (SSSR count). The highest BCUT2D eigenvalue weighted by molar-refractivity contribution is 5.85. The number of hydrogen-bond acceptors (Lipinski definition) is 9. The van der Waals surface area contributed by atoms with Gasteiger partial charge < -0.3 is 34.3 Å². The molecular weight excluding hydrogens is 520 g/mol. The highest BCUT2D eigenvalue weighted by Crippen LogP contribution is 2.67. The minimum atomic E-state index is -1.94. The summed E-state index contributed by atoms with van der Waals surface area (Å²) in [7, 11) is 1.55. The molecule has 6 atom stereocenters. The third-order valence-corrected chi connectivity index (χ3v) is 8.89. The van der Waals surface area contributed by atoms with Crippen molar-refractivity contribution in [3.8, 4) is 11.5 Å². The maximum absolute atomic E-state index is 12.9. The Labute approximate surface area is 230 Å². The van der Waals surface area contributed by atoms with Crippen molar-refractivity contribution in [3.05, 3.63) is 71.0 Å². The molecule has 0 unspecified atom stereocenters. The van der Waals surface area contributed by atoms with Crippen LogP contribution in [0.5, 0.6) is 11.5 Å². The van der Waals surface area contributed by atoms with Crippen molar-refractivity contribution in [3.63, 3.8) is 0 Å². The van der Waals surface area contributed by atoms with Crippen molar-refractivity contribution in [1.82, 2.24) is 0 Å². The highest BCUT2D eigenvalue weighted by Gasteiger charge is 2.70. The average Bonchev–Trinajstić information content (AvgIpc) is 3.28. The van der Waals surface area contributed by atoms with Crippen molar-refractivity contribution < 1.29 is 48.7 Å². The number of ether oxygens (including phenoxy) is 4. The first-order valence-corrected chi connectivity index (χ1v) is 13.4. The number of esters is 2. The fraction of sp³-hybridized carbons (Fsp3) is 0.433. The molecule has 3 aliphatic carbocycles. The number of carboxylic acids is 1. The van der Waals surface area contributed by atoms with E-state index < -0.39 is 53.7 Å². The van der Waals surface area contributed by atoms with Crippen LogP contribution in [0.15, 0.2) is 54.3 Å². The number of aliphatic hydroxyl groups is 2. The number of carboxylic acid groups (broad SMARTS) is 1. The Hall–Kier alpha value is -3.89. The molecule has 10 heteroatoms. The summed E-state index contributed by atoms with van der Waals surface area (Å²) in [6.45, 7) is 0. The smallest absolute Gasteiger partial charge is 0.349 e. The summed E-state index contributed by atoms with van der Waals surface area (Å²) >= 11 is 0. The molecule has 4 aliphatic rings. The zero-order chi connectivity index (χ0) is 28.2.